The highest BCUT2D eigenvalue weighted by Crippen LogP contribution is 2.25. The number of fused-ring (bicyclic) bond motifs is 1. The van der Waals surface area contributed by atoms with E-state index in [1.54, 1.807) is 4.68 Å². The molecule has 0 aliphatic rings. The number of benzene rings is 2. The maximum atomic E-state index is 10.7. The Morgan fingerprint density at radius 3 is 2.81 bits per heavy atom. The third-order valence-electron chi connectivity index (χ3n) is 3.44. The van der Waals surface area contributed by atoms with Crippen molar-refractivity contribution in [1.82, 2.24) is 15.0 Å². The summed E-state index contributed by atoms with van der Waals surface area (Å²) in [6.45, 7) is 2.84. The highest BCUT2D eigenvalue weighted by Gasteiger charge is 2.07. The summed E-state index contributed by atoms with van der Waals surface area (Å²) in [5.41, 5.74) is 1.13. The second-order valence-electron chi connectivity index (χ2n) is 4.73. The molecule has 0 N–H and O–H groups in total. The van der Waals surface area contributed by atoms with Gasteiger partial charge in [0.25, 0.3) is 0 Å². The molecule has 3 rings (SSSR count). The minimum Gasteiger partial charge on any atom is -0.491 e. The number of rotatable bonds is 5. The highest BCUT2D eigenvalue weighted by atomic mass is 16.5. The van der Waals surface area contributed by atoms with Gasteiger partial charge in [-0.2, -0.15) is 0 Å². The Bertz CT molecular complexity index is 775. The Kier molecular flexibility index (Phi) is 3.64. The van der Waals surface area contributed by atoms with Gasteiger partial charge in [-0.1, -0.05) is 41.6 Å². The first-order chi connectivity index (χ1) is 10.3. The first-order valence-electron chi connectivity index (χ1n) is 6.75. The molecule has 0 aliphatic heterocycles. The van der Waals surface area contributed by atoms with Crippen LogP contribution in [0.5, 0.6) is 5.75 Å². The molecule has 5 heteroatoms. The van der Waals surface area contributed by atoms with Crippen molar-refractivity contribution in [2.45, 2.75) is 13.5 Å². The van der Waals surface area contributed by atoms with E-state index < -0.39 is 0 Å². The molecule has 1 aromatic heterocycles. The van der Waals surface area contributed by atoms with E-state index in [9.17, 15) is 4.79 Å². The largest absolute Gasteiger partial charge is 0.491 e. The van der Waals surface area contributed by atoms with Crippen molar-refractivity contribution in [3.8, 4) is 5.75 Å². The number of aromatic nitrogens is 3. The zero-order valence-electron chi connectivity index (χ0n) is 11.7. The normalized spacial score (nSPS) is 10.7. The second kappa shape index (κ2) is 5.75. The number of hydrogen-bond donors (Lipinski definition) is 0. The zero-order chi connectivity index (χ0) is 14.7. The van der Waals surface area contributed by atoms with E-state index in [-0.39, 0.29) is 0 Å². The Hall–Kier alpha value is -2.69. The lowest BCUT2D eigenvalue weighted by atomic mass is 10.1. The van der Waals surface area contributed by atoms with Gasteiger partial charge in [0.1, 0.15) is 18.1 Å². The summed E-state index contributed by atoms with van der Waals surface area (Å²) in [6, 6.07) is 14.1. The van der Waals surface area contributed by atoms with E-state index in [1.807, 2.05) is 37.3 Å². The van der Waals surface area contributed by atoms with Gasteiger partial charge in [0.15, 0.2) is 6.29 Å². The van der Waals surface area contributed by atoms with Gasteiger partial charge in [-0.25, -0.2) is 4.68 Å². The summed E-state index contributed by atoms with van der Waals surface area (Å²) in [5, 5.41) is 9.97. The van der Waals surface area contributed by atoms with Crippen LogP contribution in [0.25, 0.3) is 10.8 Å². The molecule has 21 heavy (non-hydrogen) atoms. The van der Waals surface area contributed by atoms with Crippen LogP contribution in [-0.2, 0) is 6.54 Å². The van der Waals surface area contributed by atoms with Crippen LogP contribution in [-0.4, -0.2) is 27.9 Å². The SMILES string of the molecule is Cc1c(C=O)nnn1CCOc1cccc2ccccc12. The summed E-state index contributed by atoms with van der Waals surface area (Å²) in [4.78, 5) is 10.7. The summed E-state index contributed by atoms with van der Waals surface area (Å²) in [7, 11) is 0. The number of nitrogens with zero attached hydrogens (tertiary/aromatic N) is 3. The lowest BCUT2D eigenvalue weighted by Gasteiger charge is -2.09. The molecule has 1 heterocycles. The minimum atomic E-state index is 0.375. The molecule has 0 unspecified atom stereocenters. The molecular formula is C16H15N3O2. The number of aldehydes is 1. The lowest BCUT2D eigenvalue weighted by molar-refractivity contribution is 0.111. The van der Waals surface area contributed by atoms with E-state index in [0.717, 1.165) is 22.2 Å². The quantitative estimate of drug-likeness (QED) is 0.675. The van der Waals surface area contributed by atoms with E-state index in [0.29, 0.717) is 25.1 Å². The van der Waals surface area contributed by atoms with Crippen molar-refractivity contribution in [2.75, 3.05) is 6.61 Å². The smallest absolute Gasteiger partial charge is 0.172 e. The van der Waals surface area contributed by atoms with Crippen LogP contribution in [0.1, 0.15) is 16.2 Å². The van der Waals surface area contributed by atoms with Gasteiger partial charge in [0, 0.05) is 5.39 Å². The number of ether oxygens (including phenoxy) is 1. The van der Waals surface area contributed by atoms with E-state index >= 15 is 0 Å². The van der Waals surface area contributed by atoms with Crippen LogP contribution >= 0.6 is 0 Å². The van der Waals surface area contributed by atoms with Crippen LogP contribution < -0.4 is 4.74 Å². The molecular weight excluding hydrogens is 266 g/mol. The van der Waals surface area contributed by atoms with E-state index in [1.165, 1.54) is 0 Å². The number of hydrogen-bond acceptors (Lipinski definition) is 4. The van der Waals surface area contributed by atoms with Crippen LogP contribution in [0.15, 0.2) is 42.5 Å². The maximum absolute atomic E-state index is 10.7. The standard InChI is InChI=1S/C16H15N3O2/c1-12-15(11-20)17-18-19(12)9-10-21-16-8-4-6-13-5-2-3-7-14(13)16/h2-8,11H,9-10H2,1H3. The molecule has 0 amide bonds. The Morgan fingerprint density at radius 2 is 2.00 bits per heavy atom. The molecule has 0 radical (unpaired) electrons. The average Bonchev–Trinajstić information content (AvgIpc) is 2.88. The predicted molar refractivity (Wildman–Crippen MR) is 79.6 cm³/mol. The van der Waals surface area contributed by atoms with Crippen molar-refractivity contribution in [3.63, 3.8) is 0 Å². The van der Waals surface area contributed by atoms with Crippen LogP contribution in [0.2, 0.25) is 0 Å². The van der Waals surface area contributed by atoms with Crippen molar-refractivity contribution in [1.29, 1.82) is 0 Å². The van der Waals surface area contributed by atoms with Crippen molar-refractivity contribution >= 4 is 17.1 Å². The third-order valence-corrected chi connectivity index (χ3v) is 3.44. The van der Waals surface area contributed by atoms with E-state index in [2.05, 4.69) is 22.4 Å². The number of carbonyl (C=O) groups excluding carboxylic acids is 1. The molecule has 0 fully saturated rings. The topological polar surface area (TPSA) is 57.0 Å². The summed E-state index contributed by atoms with van der Waals surface area (Å²) >= 11 is 0. The van der Waals surface area contributed by atoms with Gasteiger partial charge < -0.3 is 4.74 Å². The summed E-state index contributed by atoms with van der Waals surface area (Å²) in [5.74, 6) is 0.849. The first-order valence-corrected chi connectivity index (χ1v) is 6.75. The molecule has 0 saturated carbocycles. The van der Waals surface area contributed by atoms with Crippen LogP contribution in [0, 0.1) is 6.92 Å². The predicted octanol–water partition coefficient (Wildman–Crippen LogP) is 2.63. The highest BCUT2D eigenvalue weighted by molar-refractivity contribution is 5.88. The lowest BCUT2D eigenvalue weighted by Crippen LogP contribution is -2.11. The van der Waals surface area contributed by atoms with Crippen molar-refractivity contribution in [2.24, 2.45) is 0 Å². The molecule has 3 aromatic rings. The fourth-order valence-electron chi connectivity index (χ4n) is 2.26. The van der Waals surface area contributed by atoms with Gasteiger partial charge in [-0.3, -0.25) is 4.79 Å². The number of carbonyl (C=O) groups is 1. The summed E-state index contributed by atoms with van der Waals surface area (Å²) < 4.78 is 7.52. The van der Waals surface area contributed by atoms with Gasteiger partial charge in [-0.15, -0.1) is 5.10 Å². The first kappa shape index (κ1) is 13.3. The van der Waals surface area contributed by atoms with Gasteiger partial charge in [0.05, 0.1) is 12.2 Å². The fraction of sp³-hybridized carbons (Fsp3) is 0.188. The molecule has 0 saturated heterocycles. The minimum absolute atomic E-state index is 0.375. The van der Waals surface area contributed by atoms with Crippen molar-refractivity contribution in [3.05, 3.63) is 53.9 Å². The molecule has 0 spiro atoms. The summed E-state index contributed by atoms with van der Waals surface area (Å²) in [6.07, 6.45) is 0.713. The van der Waals surface area contributed by atoms with E-state index in [4.69, 9.17) is 4.74 Å². The van der Waals surface area contributed by atoms with Crippen molar-refractivity contribution < 1.29 is 9.53 Å². The molecule has 106 valence electrons. The fourth-order valence-corrected chi connectivity index (χ4v) is 2.26. The maximum Gasteiger partial charge on any atom is 0.172 e. The molecule has 2 aromatic carbocycles. The van der Waals surface area contributed by atoms with Crippen LogP contribution in [0.4, 0.5) is 0 Å². The molecule has 0 atom stereocenters. The van der Waals surface area contributed by atoms with Gasteiger partial charge in [0.2, 0.25) is 0 Å². The van der Waals surface area contributed by atoms with Gasteiger partial charge >= 0.3 is 0 Å². The molecule has 0 bridgehead atoms. The Labute approximate surface area is 122 Å². The second-order valence-corrected chi connectivity index (χ2v) is 4.73. The molecule has 0 aliphatic carbocycles. The Balaban J connectivity index is 1.72. The average molecular weight is 281 g/mol. The monoisotopic (exact) mass is 281 g/mol. The zero-order valence-corrected chi connectivity index (χ0v) is 11.7. The third kappa shape index (κ3) is 2.63. The molecule has 5 nitrogen and oxygen atoms in total. The Morgan fingerprint density at radius 1 is 1.19 bits per heavy atom. The van der Waals surface area contributed by atoms with Gasteiger partial charge in [-0.05, 0) is 18.4 Å². The van der Waals surface area contributed by atoms with Crippen LogP contribution in [0.3, 0.4) is 0 Å².